The quantitative estimate of drug-likeness (QED) is 0.790. The van der Waals surface area contributed by atoms with Crippen LogP contribution in [0.2, 0.25) is 10.0 Å². The van der Waals surface area contributed by atoms with E-state index in [1.54, 1.807) is 6.07 Å². The molecule has 19 heavy (non-hydrogen) atoms. The predicted molar refractivity (Wildman–Crippen MR) is 86.0 cm³/mol. The van der Waals surface area contributed by atoms with E-state index in [0.29, 0.717) is 16.5 Å². The van der Waals surface area contributed by atoms with Gasteiger partial charge in [-0.2, -0.15) is 0 Å². The van der Waals surface area contributed by atoms with Crippen molar-refractivity contribution in [3.8, 4) is 0 Å². The maximum absolute atomic E-state index is 6.28. The molecule has 0 fully saturated rings. The molecule has 1 unspecified atom stereocenters. The van der Waals surface area contributed by atoms with Crippen LogP contribution in [0.4, 0.5) is 0 Å². The first-order valence-corrected chi connectivity index (χ1v) is 7.48. The second-order valence-corrected chi connectivity index (χ2v) is 6.23. The van der Waals surface area contributed by atoms with Crippen LogP contribution in [0.1, 0.15) is 22.7 Å². The predicted octanol–water partition coefficient (Wildman–Crippen LogP) is 5.31. The Morgan fingerprint density at radius 2 is 1.95 bits per heavy atom. The highest BCUT2D eigenvalue weighted by Gasteiger charge is 2.13. The monoisotopic (exact) mass is 357 g/mol. The Morgan fingerprint density at radius 1 is 1.21 bits per heavy atom. The summed E-state index contributed by atoms with van der Waals surface area (Å²) in [6, 6.07) is 11.7. The highest BCUT2D eigenvalue weighted by molar-refractivity contribution is 9.10. The molecule has 100 valence electrons. The molecule has 0 amide bonds. The van der Waals surface area contributed by atoms with Crippen molar-refractivity contribution in [2.24, 2.45) is 5.73 Å². The lowest BCUT2D eigenvalue weighted by Crippen LogP contribution is -2.15. The van der Waals surface area contributed by atoms with Gasteiger partial charge in [-0.15, -0.1) is 0 Å². The molecule has 0 spiro atoms. The normalized spacial score (nSPS) is 12.5. The van der Waals surface area contributed by atoms with E-state index in [0.717, 1.165) is 15.6 Å². The lowest BCUT2D eigenvalue weighted by atomic mass is 9.96. The van der Waals surface area contributed by atoms with Crippen LogP contribution in [0.5, 0.6) is 0 Å². The Hall–Kier alpha value is -0.540. The first-order valence-electron chi connectivity index (χ1n) is 5.93. The molecule has 0 heterocycles. The Kier molecular flexibility index (Phi) is 4.91. The van der Waals surface area contributed by atoms with E-state index < -0.39 is 0 Å². The van der Waals surface area contributed by atoms with E-state index >= 15 is 0 Å². The van der Waals surface area contributed by atoms with Crippen molar-refractivity contribution in [3.05, 3.63) is 67.6 Å². The molecule has 0 aromatic heterocycles. The molecule has 1 nitrogen and oxygen atoms in total. The summed E-state index contributed by atoms with van der Waals surface area (Å²) in [6.07, 6.45) is 0.669. The zero-order valence-corrected chi connectivity index (χ0v) is 13.6. The van der Waals surface area contributed by atoms with Gasteiger partial charge in [0.1, 0.15) is 0 Å². The number of benzene rings is 2. The highest BCUT2D eigenvalue weighted by atomic mass is 79.9. The Bertz CT molecular complexity index is 599. The lowest BCUT2D eigenvalue weighted by Gasteiger charge is -2.16. The van der Waals surface area contributed by atoms with Gasteiger partial charge in [-0.1, -0.05) is 57.3 Å². The number of aryl methyl sites for hydroxylation is 1. The summed E-state index contributed by atoms with van der Waals surface area (Å²) in [5.74, 6) is 0. The van der Waals surface area contributed by atoms with E-state index in [2.05, 4.69) is 28.9 Å². The van der Waals surface area contributed by atoms with Gasteiger partial charge in [0.15, 0.2) is 0 Å². The largest absolute Gasteiger partial charge is 0.324 e. The molecule has 2 N–H and O–H groups in total. The summed E-state index contributed by atoms with van der Waals surface area (Å²) in [5, 5.41) is 1.16. The summed E-state index contributed by atoms with van der Waals surface area (Å²) in [6.45, 7) is 2.06. The zero-order chi connectivity index (χ0) is 14.0. The smallest absolute Gasteiger partial charge is 0.0624 e. The van der Waals surface area contributed by atoms with E-state index in [9.17, 15) is 0 Å². The van der Waals surface area contributed by atoms with Gasteiger partial charge in [-0.05, 0) is 48.2 Å². The SMILES string of the molecule is Cc1cc(Br)ccc1C(N)Cc1cccc(Cl)c1Cl. The van der Waals surface area contributed by atoms with E-state index in [1.165, 1.54) is 5.56 Å². The number of rotatable bonds is 3. The van der Waals surface area contributed by atoms with Gasteiger partial charge >= 0.3 is 0 Å². The fourth-order valence-corrected chi connectivity index (χ4v) is 2.98. The first kappa shape index (κ1) is 14.9. The third-order valence-electron chi connectivity index (χ3n) is 3.10. The number of halogens is 3. The van der Waals surface area contributed by atoms with Crippen LogP contribution < -0.4 is 5.73 Å². The second-order valence-electron chi connectivity index (χ2n) is 4.52. The molecule has 1 atom stereocenters. The Labute approximate surface area is 131 Å². The van der Waals surface area contributed by atoms with Crippen molar-refractivity contribution >= 4 is 39.1 Å². The third kappa shape index (κ3) is 3.51. The third-order valence-corrected chi connectivity index (χ3v) is 4.45. The molecule has 2 aromatic carbocycles. The van der Waals surface area contributed by atoms with Gasteiger partial charge in [0, 0.05) is 10.5 Å². The Balaban J connectivity index is 2.25. The summed E-state index contributed by atoms with van der Waals surface area (Å²) in [5.41, 5.74) is 9.55. The fraction of sp³-hybridized carbons (Fsp3) is 0.200. The molecule has 0 bridgehead atoms. The maximum Gasteiger partial charge on any atom is 0.0624 e. The molecule has 0 aliphatic heterocycles. The molecular weight excluding hydrogens is 345 g/mol. The zero-order valence-electron chi connectivity index (χ0n) is 10.5. The van der Waals surface area contributed by atoms with Crippen molar-refractivity contribution in [1.29, 1.82) is 0 Å². The van der Waals surface area contributed by atoms with E-state index in [-0.39, 0.29) is 6.04 Å². The van der Waals surface area contributed by atoms with Crippen LogP contribution in [0.15, 0.2) is 40.9 Å². The van der Waals surface area contributed by atoms with Gasteiger partial charge in [0.25, 0.3) is 0 Å². The van der Waals surface area contributed by atoms with Crippen molar-refractivity contribution in [3.63, 3.8) is 0 Å². The molecule has 2 rings (SSSR count). The summed E-state index contributed by atoms with van der Waals surface area (Å²) in [4.78, 5) is 0. The van der Waals surface area contributed by atoms with Crippen molar-refractivity contribution in [1.82, 2.24) is 0 Å². The lowest BCUT2D eigenvalue weighted by molar-refractivity contribution is 0.716. The molecule has 0 saturated carbocycles. The minimum Gasteiger partial charge on any atom is -0.324 e. The van der Waals surface area contributed by atoms with Gasteiger partial charge in [-0.25, -0.2) is 0 Å². The second kappa shape index (κ2) is 6.27. The van der Waals surface area contributed by atoms with Gasteiger partial charge < -0.3 is 5.73 Å². The summed E-state index contributed by atoms with van der Waals surface area (Å²) in [7, 11) is 0. The topological polar surface area (TPSA) is 26.0 Å². The highest BCUT2D eigenvalue weighted by Crippen LogP contribution is 2.29. The van der Waals surface area contributed by atoms with Crippen molar-refractivity contribution in [2.45, 2.75) is 19.4 Å². The molecule has 0 radical (unpaired) electrons. The van der Waals surface area contributed by atoms with Crippen LogP contribution in [0, 0.1) is 6.92 Å². The van der Waals surface area contributed by atoms with E-state index in [1.807, 2.05) is 24.3 Å². The summed E-state index contributed by atoms with van der Waals surface area (Å²) < 4.78 is 1.06. The molecule has 2 aromatic rings. The average molecular weight is 359 g/mol. The standard InChI is InChI=1S/C15H14BrCl2N/c1-9-7-11(16)5-6-12(9)14(19)8-10-3-2-4-13(17)15(10)18/h2-7,14H,8,19H2,1H3. The molecule has 0 aliphatic carbocycles. The van der Waals surface area contributed by atoms with Gasteiger partial charge in [0.05, 0.1) is 10.0 Å². The molecule has 0 saturated heterocycles. The van der Waals surface area contributed by atoms with Crippen LogP contribution in [-0.2, 0) is 6.42 Å². The number of hydrogen-bond acceptors (Lipinski definition) is 1. The van der Waals surface area contributed by atoms with Crippen molar-refractivity contribution in [2.75, 3.05) is 0 Å². The average Bonchev–Trinajstić information content (AvgIpc) is 2.34. The van der Waals surface area contributed by atoms with E-state index in [4.69, 9.17) is 28.9 Å². The summed E-state index contributed by atoms with van der Waals surface area (Å²) >= 11 is 15.7. The minimum absolute atomic E-state index is 0.0935. The Morgan fingerprint density at radius 3 is 2.63 bits per heavy atom. The molecule has 0 aliphatic rings. The van der Waals surface area contributed by atoms with Gasteiger partial charge in [0.2, 0.25) is 0 Å². The minimum atomic E-state index is -0.0935. The molecular formula is C15H14BrCl2N. The van der Waals surface area contributed by atoms with Gasteiger partial charge in [-0.3, -0.25) is 0 Å². The van der Waals surface area contributed by atoms with Crippen LogP contribution in [-0.4, -0.2) is 0 Å². The number of nitrogens with two attached hydrogens (primary N) is 1. The number of hydrogen-bond donors (Lipinski definition) is 1. The van der Waals surface area contributed by atoms with Crippen LogP contribution in [0.25, 0.3) is 0 Å². The van der Waals surface area contributed by atoms with Crippen LogP contribution >= 0.6 is 39.1 Å². The molecule has 4 heteroatoms. The maximum atomic E-state index is 6.28. The van der Waals surface area contributed by atoms with Crippen molar-refractivity contribution < 1.29 is 0 Å². The first-order chi connectivity index (χ1) is 8.99. The van der Waals surface area contributed by atoms with Crippen LogP contribution in [0.3, 0.4) is 0 Å². The fourth-order valence-electron chi connectivity index (χ4n) is 2.11.